The van der Waals surface area contributed by atoms with Gasteiger partial charge in [-0.3, -0.25) is 4.79 Å². The molecule has 0 spiro atoms. The van der Waals surface area contributed by atoms with E-state index in [9.17, 15) is 4.79 Å². The fourth-order valence-corrected chi connectivity index (χ4v) is 3.15. The third-order valence-corrected chi connectivity index (χ3v) is 4.57. The van der Waals surface area contributed by atoms with Crippen molar-refractivity contribution < 1.29 is 4.79 Å². The molecule has 0 atom stereocenters. The van der Waals surface area contributed by atoms with E-state index in [4.69, 9.17) is 0 Å². The highest BCUT2D eigenvalue weighted by atomic mass is 16.2. The molecule has 1 N–H and O–H groups in total. The summed E-state index contributed by atoms with van der Waals surface area (Å²) in [6.45, 7) is 7.84. The van der Waals surface area contributed by atoms with Gasteiger partial charge in [0, 0.05) is 37.6 Å². The standard InChI is InChI=1S/C20H25N3O/c1-16-8-9-19(17(2)14-16)21-15-20(24)23-12-10-22(11-13-23)18-6-4-3-5-7-18/h3-9,14,21H,10-13,15H2,1-2H3. The molecule has 0 bridgehead atoms. The van der Waals surface area contributed by atoms with Crippen LogP contribution in [0.15, 0.2) is 48.5 Å². The van der Waals surface area contributed by atoms with Crippen LogP contribution in [0, 0.1) is 13.8 Å². The number of nitrogens with zero attached hydrogens (tertiary/aromatic N) is 2. The minimum Gasteiger partial charge on any atom is -0.376 e. The van der Waals surface area contributed by atoms with Crippen LogP contribution in [0.1, 0.15) is 11.1 Å². The van der Waals surface area contributed by atoms with E-state index in [0.717, 1.165) is 31.9 Å². The van der Waals surface area contributed by atoms with Crippen molar-refractivity contribution in [2.75, 3.05) is 42.9 Å². The second kappa shape index (κ2) is 7.39. The van der Waals surface area contributed by atoms with Crippen LogP contribution in [0.2, 0.25) is 0 Å². The van der Waals surface area contributed by atoms with Crippen LogP contribution in [0.4, 0.5) is 11.4 Å². The largest absolute Gasteiger partial charge is 0.376 e. The molecule has 1 amide bonds. The van der Waals surface area contributed by atoms with E-state index in [2.05, 4.69) is 60.5 Å². The molecule has 2 aromatic rings. The lowest BCUT2D eigenvalue weighted by Gasteiger charge is -2.36. The smallest absolute Gasteiger partial charge is 0.241 e. The number of benzene rings is 2. The molecule has 1 heterocycles. The Morgan fingerprint density at radius 2 is 1.71 bits per heavy atom. The Balaban J connectivity index is 1.50. The number of piperazine rings is 1. The van der Waals surface area contributed by atoms with Crippen LogP contribution < -0.4 is 10.2 Å². The van der Waals surface area contributed by atoms with E-state index in [0.29, 0.717) is 6.54 Å². The van der Waals surface area contributed by atoms with Gasteiger partial charge in [-0.05, 0) is 37.6 Å². The third-order valence-electron chi connectivity index (χ3n) is 4.57. The van der Waals surface area contributed by atoms with Crippen molar-refractivity contribution in [3.8, 4) is 0 Å². The number of hydrogen-bond acceptors (Lipinski definition) is 3. The maximum absolute atomic E-state index is 12.4. The normalized spacial score (nSPS) is 14.6. The van der Waals surface area contributed by atoms with E-state index in [1.807, 2.05) is 17.0 Å². The number of hydrogen-bond donors (Lipinski definition) is 1. The van der Waals surface area contributed by atoms with Crippen LogP contribution in [0.25, 0.3) is 0 Å². The van der Waals surface area contributed by atoms with Crippen molar-refractivity contribution in [2.45, 2.75) is 13.8 Å². The molecule has 4 heteroatoms. The van der Waals surface area contributed by atoms with Gasteiger partial charge in [-0.25, -0.2) is 0 Å². The average Bonchev–Trinajstić information content (AvgIpc) is 2.62. The first-order chi connectivity index (χ1) is 11.6. The molecule has 0 aliphatic carbocycles. The minimum absolute atomic E-state index is 0.169. The van der Waals surface area contributed by atoms with Gasteiger partial charge in [-0.2, -0.15) is 0 Å². The van der Waals surface area contributed by atoms with E-state index in [-0.39, 0.29) is 5.91 Å². The summed E-state index contributed by atoms with van der Waals surface area (Å²) in [5, 5.41) is 3.28. The Kier molecular flexibility index (Phi) is 5.04. The van der Waals surface area contributed by atoms with Crippen molar-refractivity contribution >= 4 is 17.3 Å². The number of carbonyl (C=O) groups is 1. The van der Waals surface area contributed by atoms with Gasteiger partial charge in [0.25, 0.3) is 0 Å². The van der Waals surface area contributed by atoms with Crippen LogP contribution in [0.3, 0.4) is 0 Å². The number of rotatable bonds is 4. The first-order valence-corrected chi connectivity index (χ1v) is 8.52. The van der Waals surface area contributed by atoms with Crippen molar-refractivity contribution in [2.24, 2.45) is 0 Å². The zero-order chi connectivity index (χ0) is 16.9. The van der Waals surface area contributed by atoms with Crippen molar-refractivity contribution in [3.63, 3.8) is 0 Å². The number of para-hydroxylation sites is 1. The summed E-state index contributed by atoms with van der Waals surface area (Å²) in [5.74, 6) is 0.169. The Bertz CT molecular complexity index is 691. The summed E-state index contributed by atoms with van der Waals surface area (Å²) in [4.78, 5) is 16.7. The van der Waals surface area contributed by atoms with Gasteiger partial charge in [0.05, 0.1) is 6.54 Å². The lowest BCUT2D eigenvalue weighted by Crippen LogP contribution is -2.50. The lowest BCUT2D eigenvalue weighted by molar-refractivity contribution is -0.129. The molecule has 1 fully saturated rings. The Labute approximate surface area is 144 Å². The van der Waals surface area contributed by atoms with Crippen LogP contribution in [-0.4, -0.2) is 43.5 Å². The molecule has 24 heavy (non-hydrogen) atoms. The zero-order valence-corrected chi connectivity index (χ0v) is 14.5. The minimum atomic E-state index is 0.169. The maximum Gasteiger partial charge on any atom is 0.241 e. The number of carbonyl (C=O) groups excluding carboxylic acids is 1. The van der Waals surface area contributed by atoms with Crippen molar-refractivity contribution in [1.29, 1.82) is 0 Å². The molecule has 1 aliphatic heterocycles. The SMILES string of the molecule is Cc1ccc(NCC(=O)N2CCN(c3ccccc3)CC2)c(C)c1. The summed E-state index contributed by atoms with van der Waals surface area (Å²) in [7, 11) is 0. The number of aryl methyl sites for hydroxylation is 2. The van der Waals surface area contributed by atoms with Gasteiger partial charge in [0.1, 0.15) is 0 Å². The van der Waals surface area contributed by atoms with Gasteiger partial charge in [0.2, 0.25) is 5.91 Å². The maximum atomic E-state index is 12.4. The molecule has 1 saturated heterocycles. The highest BCUT2D eigenvalue weighted by Crippen LogP contribution is 2.17. The van der Waals surface area contributed by atoms with Gasteiger partial charge < -0.3 is 15.1 Å². The van der Waals surface area contributed by atoms with Gasteiger partial charge in [-0.15, -0.1) is 0 Å². The Hall–Kier alpha value is -2.49. The van der Waals surface area contributed by atoms with Gasteiger partial charge in [-0.1, -0.05) is 35.9 Å². The highest BCUT2D eigenvalue weighted by molar-refractivity contribution is 5.81. The van der Waals surface area contributed by atoms with Gasteiger partial charge >= 0.3 is 0 Å². The summed E-state index contributed by atoms with van der Waals surface area (Å²) in [5.41, 5.74) is 4.69. The second-order valence-electron chi connectivity index (χ2n) is 6.38. The fraction of sp³-hybridized carbons (Fsp3) is 0.350. The summed E-state index contributed by atoms with van der Waals surface area (Å²) in [6.07, 6.45) is 0. The second-order valence-corrected chi connectivity index (χ2v) is 6.38. The lowest BCUT2D eigenvalue weighted by atomic mass is 10.1. The first kappa shape index (κ1) is 16.4. The topological polar surface area (TPSA) is 35.6 Å². The highest BCUT2D eigenvalue weighted by Gasteiger charge is 2.20. The molecule has 0 unspecified atom stereocenters. The van der Waals surface area contributed by atoms with E-state index < -0.39 is 0 Å². The molecule has 126 valence electrons. The number of amides is 1. The molecule has 2 aromatic carbocycles. The number of anilines is 2. The molecule has 4 nitrogen and oxygen atoms in total. The molecule has 0 saturated carbocycles. The summed E-state index contributed by atoms with van der Waals surface area (Å²) >= 11 is 0. The summed E-state index contributed by atoms with van der Waals surface area (Å²) in [6, 6.07) is 16.6. The summed E-state index contributed by atoms with van der Waals surface area (Å²) < 4.78 is 0. The Morgan fingerprint density at radius 1 is 1.00 bits per heavy atom. The van der Waals surface area contributed by atoms with E-state index in [1.165, 1.54) is 16.8 Å². The van der Waals surface area contributed by atoms with Crippen molar-refractivity contribution in [1.82, 2.24) is 4.90 Å². The zero-order valence-electron chi connectivity index (χ0n) is 14.5. The van der Waals surface area contributed by atoms with Crippen molar-refractivity contribution in [3.05, 3.63) is 59.7 Å². The molecular formula is C20H25N3O. The quantitative estimate of drug-likeness (QED) is 0.939. The fourth-order valence-electron chi connectivity index (χ4n) is 3.15. The Morgan fingerprint density at radius 3 is 2.38 bits per heavy atom. The molecule has 0 aromatic heterocycles. The van der Waals surface area contributed by atoms with E-state index in [1.54, 1.807) is 0 Å². The van der Waals surface area contributed by atoms with Crippen LogP contribution >= 0.6 is 0 Å². The number of nitrogens with one attached hydrogen (secondary N) is 1. The first-order valence-electron chi connectivity index (χ1n) is 8.52. The third kappa shape index (κ3) is 3.88. The van der Waals surface area contributed by atoms with Gasteiger partial charge in [0.15, 0.2) is 0 Å². The van der Waals surface area contributed by atoms with Crippen LogP contribution in [-0.2, 0) is 4.79 Å². The predicted octanol–water partition coefficient (Wildman–Crippen LogP) is 3.06. The molecule has 1 aliphatic rings. The van der Waals surface area contributed by atoms with E-state index >= 15 is 0 Å². The monoisotopic (exact) mass is 323 g/mol. The predicted molar refractivity (Wildman–Crippen MR) is 99.6 cm³/mol. The molecule has 0 radical (unpaired) electrons. The molecular weight excluding hydrogens is 298 g/mol. The molecule has 3 rings (SSSR count). The average molecular weight is 323 g/mol. The van der Waals surface area contributed by atoms with Crippen LogP contribution in [0.5, 0.6) is 0 Å².